The number of urea groups is 1. The molecule has 6 nitrogen and oxygen atoms in total. The molecule has 106 valence electrons. The lowest BCUT2D eigenvalue weighted by Gasteiger charge is -2.23. The predicted octanol–water partition coefficient (Wildman–Crippen LogP) is 1.07. The smallest absolute Gasteiger partial charge is 0.326 e. The van der Waals surface area contributed by atoms with Gasteiger partial charge < -0.3 is 10.4 Å². The first-order valence-electron chi connectivity index (χ1n) is 5.92. The quantitative estimate of drug-likeness (QED) is 0.811. The van der Waals surface area contributed by atoms with E-state index in [1.54, 1.807) is 0 Å². The molecule has 1 saturated heterocycles. The number of amides is 3. The molecule has 20 heavy (non-hydrogen) atoms. The van der Waals surface area contributed by atoms with Gasteiger partial charge in [-0.3, -0.25) is 4.79 Å². The monoisotopic (exact) mass is 280 g/mol. The largest absolute Gasteiger partial charge is 0.480 e. The zero-order chi connectivity index (χ0) is 15.1. The fourth-order valence-corrected chi connectivity index (χ4v) is 2.10. The first-order valence-corrected chi connectivity index (χ1v) is 5.92. The number of aliphatic carboxylic acids is 1. The number of carboxylic acids is 1. The lowest BCUT2D eigenvalue weighted by molar-refractivity contribution is -0.147. The summed E-state index contributed by atoms with van der Waals surface area (Å²) in [4.78, 5) is 35.8. The molecule has 0 aromatic heterocycles. The Morgan fingerprint density at radius 3 is 2.40 bits per heavy atom. The summed E-state index contributed by atoms with van der Waals surface area (Å²) < 4.78 is 12.9. The van der Waals surface area contributed by atoms with Gasteiger partial charge in [-0.15, -0.1) is 0 Å². The highest BCUT2D eigenvalue weighted by molar-refractivity contribution is 6.09. The number of halogens is 1. The molecule has 2 N–H and O–H groups in total. The van der Waals surface area contributed by atoms with Gasteiger partial charge in [-0.2, -0.15) is 0 Å². The average Bonchev–Trinajstić information content (AvgIpc) is 2.61. The Bertz CT molecular complexity index is 587. The zero-order valence-corrected chi connectivity index (χ0v) is 10.9. The number of benzene rings is 1. The number of nitrogens with one attached hydrogen (secondary N) is 1. The van der Waals surface area contributed by atoms with E-state index >= 15 is 0 Å². The van der Waals surface area contributed by atoms with Crippen molar-refractivity contribution in [3.8, 4) is 0 Å². The highest BCUT2D eigenvalue weighted by Gasteiger charge is 2.51. The molecule has 7 heteroatoms. The van der Waals surface area contributed by atoms with Crippen LogP contribution in [0.1, 0.15) is 19.4 Å². The number of nitrogens with zero attached hydrogens (tertiary/aromatic N) is 1. The Morgan fingerprint density at radius 2 is 1.90 bits per heavy atom. The van der Waals surface area contributed by atoms with Crippen molar-refractivity contribution in [1.29, 1.82) is 0 Å². The number of imide groups is 1. The summed E-state index contributed by atoms with van der Waals surface area (Å²) in [5, 5.41) is 11.4. The van der Waals surface area contributed by atoms with Crippen LogP contribution in [0.4, 0.5) is 9.18 Å². The molecule has 0 saturated carbocycles. The Labute approximate surface area is 114 Å². The maximum absolute atomic E-state index is 12.9. The van der Waals surface area contributed by atoms with Crippen LogP contribution in [0.25, 0.3) is 0 Å². The van der Waals surface area contributed by atoms with Crippen molar-refractivity contribution in [2.45, 2.75) is 25.4 Å². The van der Waals surface area contributed by atoms with Crippen LogP contribution in [0.2, 0.25) is 0 Å². The maximum Gasteiger partial charge on any atom is 0.326 e. The molecule has 1 aliphatic rings. The summed E-state index contributed by atoms with van der Waals surface area (Å²) in [7, 11) is 0. The van der Waals surface area contributed by atoms with Crippen molar-refractivity contribution < 1.29 is 23.9 Å². The summed E-state index contributed by atoms with van der Waals surface area (Å²) in [6, 6.07) is 3.04. The summed E-state index contributed by atoms with van der Waals surface area (Å²) >= 11 is 0. The normalized spacial score (nSPS) is 23.6. The van der Waals surface area contributed by atoms with Gasteiger partial charge in [0.15, 0.2) is 0 Å². The lowest BCUT2D eigenvalue weighted by atomic mass is 9.92. The molecule has 0 spiro atoms. The van der Waals surface area contributed by atoms with Gasteiger partial charge in [0, 0.05) is 0 Å². The van der Waals surface area contributed by atoms with Crippen molar-refractivity contribution in [2.24, 2.45) is 0 Å². The highest BCUT2D eigenvalue weighted by Crippen LogP contribution is 2.30. The molecular weight excluding hydrogens is 267 g/mol. The van der Waals surface area contributed by atoms with Gasteiger partial charge in [0.2, 0.25) is 0 Å². The first kappa shape index (κ1) is 14.0. The van der Waals surface area contributed by atoms with Crippen molar-refractivity contribution in [3.63, 3.8) is 0 Å². The van der Waals surface area contributed by atoms with E-state index < -0.39 is 35.3 Å². The van der Waals surface area contributed by atoms with Crippen molar-refractivity contribution in [2.75, 3.05) is 0 Å². The summed E-state index contributed by atoms with van der Waals surface area (Å²) in [5.74, 6) is -2.43. The summed E-state index contributed by atoms with van der Waals surface area (Å²) in [6.45, 7) is 2.70. The summed E-state index contributed by atoms with van der Waals surface area (Å²) in [6.07, 6.45) is 0. The van der Waals surface area contributed by atoms with Crippen LogP contribution in [0, 0.1) is 5.82 Å². The number of hydrogen-bond acceptors (Lipinski definition) is 3. The molecule has 3 amide bonds. The van der Waals surface area contributed by atoms with Crippen LogP contribution < -0.4 is 5.32 Å². The Balaban J connectivity index is 2.40. The maximum atomic E-state index is 12.9. The number of hydrogen-bond donors (Lipinski definition) is 2. The van der Waals surface area contributed by atoms with Crippen LogP contribution in [0.5, 0.6) is 0 Å². The third-order valence-corrected chi connectivity index (χ3v) is 3.39. The minimum Gasteiger partial charge on any atom is -0.480 e. The second-order valence-electron chi connectivity index (χ2n) is 4.75. The minimum absolute atomic E-state index is 0.386. The number of rotatable bonds is 3. The van der Waals surface area contributed by atoms with Crippen molar-refractivity contribution in [3.05, 3.63) is 35.6 Å². The molecule has 2 rings (SSSR count). The third-order valence-electron chi connectivity index (χ3n) is 3.39. The molecule has 1 heterocycles. The first-order chi connectivity index (χ1) is 9.27. The van der Waals surface area contributed by atoms with Crippen LogP contribution in [0.3, 0.4) is 0 Å². The van der Waals surface area contributed by atoms with Gasteiger partial charge in [-0.25, -0.2) is 18.9 Å². The van der Waals surface area contributed by atoms with Gasteiger partial charge in [0.1, 0.15) is 17.4 Å². The number of carboxylic acid groups (broad SMARTS) is 1. The molecule has 1 aromatic rings. The molecule has 1 aliphatic heterocycles. The van der Waals surface area contributed by atoms with Crippen molar-refractivity contribution >= 4 is 17.9 Å². The summed E-state index contributed by atoms with van der Waals surface area (Å²) in [5.41, 5.74) is -1.01. The number of carbonyl (C=O) groups excluding carboxylic acids is 2. The van der Waals surface area contributed by atoms with Gasteiger partial charge in [0.05, 0.1) is 0 Å². The van der Waals surface area contributed by atoms with Gasteiger partial charge in [-0.05, 0) is 31.5 Å². The molecular formula is C13H13FN2O4. The third kappa shape index (κ3) is 2.01. The molecule has 1 aromatic carbocycles. The van der Waals surface area contributed by atoms with E-state index in [4.69, 9.17) is 5.11 Å². The van der Waals surface area contributed by atoms with Crippen LogP contribution in [-0.4, -0.2) is 34.0 Å². The van der Waals surface area contributed by atoms with Crippen LogP contribution in [-0.2, 0) is 15.1 Å². The molecule has 0 bridgehead atoms. The minimum atomic E-state index is -1.39. The Hall–Kier alpha value is -2.44. The van der Waals surface area contributed by atoms with E-state index in [0.29, 0.717) is 10.5 Å². The van der Waals surface area contributed by atoms with Gasteiger partial charge >= 0.3 is 12.0 Å². The van der Waals surface area contributed by atoms with E-state index in [1.807, 2.05) is 0 Å². The van der Waals surface area contributed by atoms with E-state index in [-0.39, 0.29) is 0 Å². The van der Waals surface area contributed by atoms with Crippen molar-refractivity contribution in [1.82, 2.24) is 10.2 Å². The van der Waals surface area contributed by atoms with Gasteiger partial charge in [-0.1, -0.05) is 12.1 Å². The van der Waals surface area contributed by atoms with E-state index in [9.17, 15) is 18.8 Å². The Morgan fingerprint density at radius 1 is 1.35 bits per heavy atom. The van der Waals surface area contributed by atoms with Crippen LogP contribution >= 0.6 is 0 Å². The number of carbonyl (C=O) groups is 3. The second kappa shape index (κ2) is 4.59. The van der Waals surface area contributed by atoms with E-state index in [1.165, 1.54) is 38.1 Å². The Kier molecular flexibility index (Phi) is 3.21. The highest BCUT2D eigenvalue weighted by atomic mass is 19.1. The van der Waals surface area contributed by atoms with E-state index in [2.05, 4.69) is 5.32 Å². The molecule has 2 unspecified atom stereocenters. The fourth-order valence-electron chi connectivity index (χ4n) is 2.10. The second-order valence-corrected chi connectivity index (χ2v) is 4.75. The molecule has 0 radical (unpaired) electrons. The van der Waals surface area contributed by atoms with Crippen LogP contribution in [0.15, 0.2) is 24.3 Å². The lowest BCUT2D eigenvalue weighted by Crippen LogP contribution is -2.45. The fraction of sp³-hybridized carbons (Fsp3) is 0.308. The standard InChI is InChI=1S/C13H13FN2O4/c1-7(10(17)18)16-11(19)13(2,15-12(16)20)8-3-5-9(14)6-4-8/h3-7H,1-2H3,(H,15,20)(H,17,18). The molecule has 1 fully saturated rings. The topological polar surface area (TPSA) is 86.7 Å². The van der Waals surface area contributed by atoms with E-state index in [0.717, 1.165) is 0 Å². The van der Waals surface area contributed by atoms with Gasteiger partial charge in [0.25, 0.3) is 5.91 Å². The average molecular weight is 280 g/mol. The molecule has 2 atom stereocenters. The molecule has 0 aliphatic carbocycles. The SMILES string of the molecule is CC(C(=O)O)N1C(=O)NC(C)(c2ccc(F)cc2)C1=O. The zero-order valence-electron chi connectivity index (χ0n) is 10.9. The predicted molar refractivity (Wildman–Crippen MR) is 66.2 cm³/mol.